The highest BCUT2D eigenvalue weighted by molar-refractivity contribution is 5.80. The molecule has 1 amide bonds. The smallest absolute Gasteiger partial charge is 0.305 e. The number of carbonyl (C=O) groups excluding carboxylic acids is 1. The molecule has 1 heterocycles. The van der Waals surface area contributed by atoms with Crippen molar-refractivity contribution in [3.63, 3.8) is 0 Å². The van der Waals surface area contributed by atoms with E-state index in [2.05, 4.69) is 5.32 Å². The number of hydrogen-bond donors (Lipinski definition) is 2. The van der Waals surface area contributed by atoms with Crippen molar-refractivity contribution >= 4 is 11.9 Å². The third-order valence-electron chi connectivity index (χ3n) is 2.62. The first kappa shape index (κ1) is 13.0. The van der Waals surface area contributed by atoms with Crippen LogP contribution in [0.5, 0.6) is 0 Å². The van der Waals surface area contributed by atoms with Crippen molar-refractivity contribution in [3.8, 4) is 0 Å². The summed E-state index contributed by atoms with van der Waals surface area (Å²) >= 11 is 0. The lowest BCUT2D eigenvalue weighted by Crippen LogP contribution is -2.47. The van der Waals surface area contributed by atoms with E-state index in [0.717, 1.165) is 0 Å². The second kappa shape index (κ2) is 4.82. The first-order valence-electron chi connectivity index (χ1n) is 5.45. The fraction of sp³-hybridized carbons (Fsp3) is 0.818. The van der Waals surface area contributed by atoms with Crippen molar-refractivity contribution < 1.29 is 19.4 Å². The van der Waals surface area contributed by atoms with E-state index in [9.17, 15) is 9.59 Å². The average molecular weight is 229 g/mol. The lowest BCUT2D eigenvalue weighted by Gasteiger charge is -2.25. The largest absolute Gasteiger partial charge is 0.481 e. The standard InChI is InChI=1S/C11H19NO4/c1-7-4-8(6-16-7)10(15)12-11(2,3)5-9(13)14/h7-8H,4-6H2,1-3H3,(H,12,15)(H,13,14). The molecule has 2 unspecified atom stereocenters. The second-order valence-corrected chi connectivity index (χ2v) is 5.02. The lowest BCUT2D eigenvalue weighted by molar-refractivity contribution is -0.138. The highest BCUT2D eigenvalue weighted by Crippen LogP contribution is 2.20. The molecule has 2 atom stereocenters. The van der Waals surface area contributed by atoms with Crippen LogP contribution in [-0.4, -0.2) is 35.2 Å². The van der Waals surface area contributed by atoms with E-state index in [-0.39, 0.29) is 24.3 Å². The molecule has 0 saturated carbocycles. The van der Waals surface area contributed by atoms with Gasteiger partial charge in [-0.15, -0.1) is 0 Å². The Bertz CT molecular complexity index is 288. The molecule has 16 heavy (non-hydrogen) atoms. The van der Waals surface area contributed by atoms with Crippen molar-refractivity contribution in [1.29, 1.82) is 0 Å². The van der Waals surface area contributed by atoms with Crippen LogP contribution in [0.3, 0.4) is 0 Å². The summed E-state index contributed by atoms with van der Waals surface area (Å²) in [5.41, 5.74) is -0.714. The summed E-state index contributed by atoms with van der Waals surface area (Å²) in [6.45, 7) is 5.77. The van der Waals surface area contributed by atoms with Gasteiger partial charge in [0.25, 0.3) is 0 Å². The van der Waals surface area contributed by atoms with E-state index >= 15 is 0 Å². The van der Waals surface area contributed by atoms with Gasteiger partial charge in [0.2, 0.25) is 5.91 Å². The summed E-state index contributed by atoms with van der Waals surface area (Å²) in [5.74, 6) is -1.18. The van der Waals surface area contributed by atoms with Gasteiger partial charge in [0.1, 0.15) is 0 Å². The number of carboxylic acid groups (broad SMARTS) is 1. The lowest BCUT2D eigenvalue weighted by atomic mass is 9.98. The van der Waals surface area contributed by atoms with E-state index in [1.54, 1.807) is 13.8 Å². The van der Waals surface area contributed by atoms with Crippen molar-refractivity contribution in [2.45, 2.75) is 45.3 Å². The molecular weight excluding hydrogens is 210 g/mol. The van der Waals surface area contributed by atoms with Crippen molar-refractivity contribution in [1.82, 2.24) is 5.32 Å². The molecular formula is C11H19NO4. The van der Waals surface area contributed by atoms with Gasteiger partial charge in [-0.2, -0.15) is 0 Å². The molecule has 2 N–H and O–H groups in total. The van der Waals surface area contributed by atoms with E-state index < -0.39 is 11.5 Å². The predicted molar refractivity (Wildman–Crippen MR) is 58.0 cm³/mol. The maximum absolute atomic E-state index is 11.8. The Morgan fingerprint density at radius 2 is 2.12 bits per heavy atom. The van der Waals surface area contributed by atoms with Crippen LogP contribution in [0.15, 0.2) is 0 Å². The minimum atomic E-state index is -0.915. The van der Waals surface area contributed by atoms with Crippen LogP contribution in [-0.2, 0) is 14.3 Å². The van der Waals surface area contributed by atoms with Crippen molar-refractivity contribution in [3.05, 3.63) is 0 Å². The van der Waals surface area contributed by atoms with E-state index in [0.29, 0.717) is 13.0 Å². The van der Waals surface area contributed by atoms with Crippen LogP contribution in [0.4, 0.5) is 0 Å². The van der Waals surface area contributed by atoms with E-state index in [1.165, 1.54) is 0 Å². The summed E-state index contributed by atoms with van der Waals surface area (Å²) in [4.78, 5) is 22.4. The number of nitrogens with one attached hydrogen (secondary N) is 1. The molecule has 5 heteroatoms. The van der Waals surface area contributed by atoms with Crippen LogP contribution in [0.2, 0.25) is 0 Å². The van der Waals surface area contributed by atoms with E-state index in [1.807, 2.05) is 6.92 Å². The minimum Gasteiger partial charge on any atom is -0.481 e. The third kappa shape index (κ3) is 3.81. The Labute approximate surface area is 95.2 Å². The molecule has 1 aliphatic rings. The molecule has 1 saturated heterocycles. The van der Waals surface area contributed by atoms with Gasteiger partial charge in [0.15, 0.2) is 0 Å². The van der Waals surface area contributed by atoms with Gasteiger partial charge >= 0.3 is 5.97 Å². The van der Waals surface area contributed by atoms with Gasteiger partial charge in [0.05, 0.1) is 25.0 Å². The van der Waals surface area contributed by atoms with Crippen LogP contribution < -0.4 is 5.32 Å². The molecule has 0 aromatic carbocycles. The Morgan fingerprint density at radius 3 is 2.56 bits per heavy atom. The highest BCUT2D eigenvalue weighted by Gasteiger charge is 2.32. The Kier molecular flexibility index (Phi) is 3.91. The normalized spacial score (nSPS) is 25.4. The fourth-order valence-electron chi connectivity index (χ4n) is 1.86. The van der Waals surface area contributed by atoms with Gasteiger partial charge in [-0.3, -0.25) is 9.59 Å². The Hall–Kier alpha value is -1.10. The molecule has 0 spiro atoms. The van der Waals surface area contributed by atoms with Crippen LogP contribution in [0.1, 0.15) is 33.6 Å². The van der Waals surface area contributed by atoms with E-state index in [4.69, 9.17) is 9.84 Å². The van der Waals surface area contributed by atoms with Crippen molar-refractivity contribution in [2.24, 2.45) is 5.92 Å². The highest BCUT2D eigenvalue weighted by atomic mass is 16.5. The first-order valence-corrected chi connectivity index (χ1v) is 5.45. The summed E-state index contributed by atoms with van der Waals surface area (Å²) in [7, 11) is 0. The number of carbonyl (C=O) groups is 2. The SMILES string of the molecule is CC1CC(C(=O)NC(C)(C)CC(=O)O)CO1. The molecule has 92 valence electrons. The van der Waals surface area contributed by atoms with Gasteiger partial charge < -0.3 is 15.2 Å². The quantitative estimate of drug-likeness (QED) is 0.747. The van der Waals surface area contributed by atoms with Gasteiger partial charge in [-0.25, -0.2) is 0 Å². The zero-order valence-electron chi connectivity index (χ0n) is 9.95. The number of ether oxygens (including phenoxy) is 1. The Balaban J connectivity index is 2.47. The monoisotopic (exact) mass is 229 g/mol. The maximum Gasteiger partial charge on any atom is 0.305 e. The number of hydrogen-bond acceptors (Lipinski definition) is 3. The summed E-state index contributed by atoms with van der Waals surface area (Å²) < 4.78 is 5.30. The summed E-state index contributed by atoms with van der Waals surface area (Å²) in [6, 6.07) is 0. The molecule has 0 bridgehead atoms. The molecule has 0 aromatic heterocycles. The zero-order chi connectivity index (χ0) is 12.3. The number of amides is 1. The van der Waals surface area contributed by atoms with Crippen molar-refractivity contribution in [2.75, 3.05) is 6.61 Å². The third-order valence-corrected chi connectivity index (χ3v) is 2.62. The van der Waals surface area contributed by atoms with Gasteiger partial charge in [-0.05, 0) is 27.2 Å². The van der Waals surface area contributed by atoms with Crippen LogP contribution in [0.25, 0.3) is 0 Å². The molecule has 1 fully saturated rings. The molecule has 0 radical (unpaired) electrons. The zero-order valence-corrected chi connectivity index (χ0v) is 9.95. The van der Waals surface area contributed by atoms with Gasteiger partial charge in [0, 0.05) is 5.54 Å². The average Bonchev–Trinajstić information content (AvgIpc) is 2.47. The maximum atomic E-state index is 11.8. The second-order valence-electron chi connectivity index (χ2n) is 5.02. The Morgan fingerprint density at radius 1 is 1.50 bits per heavy atom. The molecule has 0 aliphatic carbocycles. The summed E-state index contributed by atoms with van der Waals surface area (Å²) in [5, 5.41) is 11.4. The first-order chi connectivity index (χ1) is 7.30. The molecule has 0 aromatic rings. The predicted octanol–water partition coefficient (Wildman–Crippen LogP) is 0.781. The number of aliphatic carboxylic acids is 1. The summed E-state index contributed by atoms with van der Waals surface area (Å²) in [6.07, 6.45) is 0.731. The topological polar surface area (TPSA) is 75.6 Å². The van der Waals surface area contributed by atoms with Crippen LogP contribution in [0, 0.1) is 5.92 Å². The van der Waals surface area contributed by atoms with Crippen LogP contribution >= 0.6 is 0 Å². The fourth-order valence-corrected chi connectivity index (χ4v) is 1.86. The number of rotatable bonds is 4. The minimum absolute atomic E-state index is 0.0815. The van der Waals surface area contributed by atoms with Gasteiger partial charge in [-0.1, -0.05) is 0 Å². The number of carboxylic acids is 1. The molecule has 1 rings (SSSR count). The molecule has 1 aliphatic heterocycles. The molecule has 5 nitrogen and oxygen atoms in total.